The molecule has 0 fully saturated rings. The van der Waals surface area contributed by atoms with Crippen LogP contribution in [0.1, 0.15) is 5.56 Å². The van der Waals surface area contributed by atoms with E-state index in [1.807, 2.05) is 25.1 Å². The molecule has 3 N–H and O–H groups in total. The highest BCUT2D eigenvalue weighted by Gasteiger charge is 2.03. The fraction of sp³-hybridized carbons (Fsp3) is 0.100. The summed E-state index contributed by atoms with van der Waals surface area (Å²) in [4.78, 5) is 13.9. The van der Waals surface area contributed by atoms with Gasteiger partial charge in [-0.1, -0.05) is 6.07 Å². The molecule has 2 aromatic rings. The van der Waals surface area contributed by atoms with Gasteiger partial charge in [0.1, 0.15) is 0 Å². The summed E-state index contributed by atoms with van der Waals surface area (Å²) >= 11 is 0. The number of nitrogens with one attached hydrogen (secondary N) is 1. The summed E-state index contributed by atoms with van der Waals surface area (Å²) < 4.78 is 1.48. The Morgan fingerprint density at radius 1 is 1.43 bits per heavy atom. The smallest absolute Gasteiger partial charge is 0.330 e. The van der Waals surface area contributed by atoms with Gasteiger partial charge in [-0.3, -0.25) is 4.57 Å². The first-order valence-electron chi connectivity index (χ1n) is 4.31. The number of hydrogen-bond acceptors (Lipinski definition) is 2. The standard InChI is InChI=1S/C10H11N3O/c1-7-2-3-9(8(11)6-7)13-5-4-12-10(13)14/h2-6H,11H2,1H3,(H,12,14). The molecule has 1 heterocycles. The fourth-order valence-corrected chi connectivity index (χ4v) is 1.40. The van der Waals surface area contributed by atoms with Gasteiger partial charge in [-0.25, -0.2) is 4.79 Å². The monoisotopic (exact) mass is 189 g/mol. The average Bonchev–Trinajstić information content (AvgIpc) is 2.52. The Kier molecular flexibility index (Phi) is 1.89. The summed E-state index contributed by atoms with van der Waals surface area (Å²) in [6, 6.07) is 5.60. The van der Waals surface area contributed by atoms with Crippen molar-refractivity contribution in [3.8, 4) is 5.69 Å². The second-order valence-corrected chi connectivity index (χ2v) is 3.20. The lowest BCUT2D eigenvalue weighted by Crippen LogP contribution is -2.15. The Labute approximate surface area is 81.0 Å². The third-order valence-electron chi connectivity index (χ3n) is 2.09. The van der Waals surface area contributed by atoms with Crippen molar-refractivity contribution >= 4 is 5.69 Å². The number of aromatic amines is 1. The van der Waals surface area contributed by atoms with Crippen LogP contribution in [0, 0.1) is 6.92 Å². The molecule has 0 spiro atoms. The van der Waals surface area contributed by atoms with Gasteiger partial charge in [0.25, 0.3) is 0 Å². The molecule has 0 bridgehead atoms. The van der Waals surface area contributed by atoms with Gasteiger partial charge in [-0.05, 0) is 24.6 Å². The number of nitrogens with two attached hydrogens (primary N) is 1. The lowest BCUT2D eigenvalue weighted by Gasteiger charge is -2.05. The number of hydrogen-bond donors (Lipinski definition) is 2. The summed E-state index contributed by atoms with van der Waals surface area (Å²) in [6.07, 6.45) is 3.24. The van der Waals surface area contributed by atoms with E-state index in [0.717, 1.165) is 5.56 Å². The first kappa shape index (κ1) is 8.62. The van der Waals surface area contributed by atoms with Crippen LogP contribution in [0.3, 0.4) is 0 Å². The summed E-state index contributed by atoms with van der Waals surface area (Å²) in [6.45, 7) is 1.96. The molecule has 2 rings (SSSR count). The number of benzene rings is 1. The van der Waals surface area contributed by atoms with E-state index in [0.29, 0.717) is 11.4 Å². The van der Waals surface area contributed by atoms with Gasteiger partial charge >= 0.3 is 5.69 Å². The molecule has 0 amide bonds. The summed E-state index contributed by atoms with van der Waals surface area (Å²) in [5.74, 6) is 0. The van der Waals surface area contributed by atoms with Crippen LogP contribution in [0.5, 0.6) is 0 Å². The number of rotatable bonds is 1. The zero-order valence-electron chi connectivity index (χ0n) is 7.82. The minimum Gasteiger partial charge on any atom is -0.397 e. The SMILES string of the molecule is Cc1ccc(-n2cc[nH]c2=O)c(N)c1. The van der Waals surface area contributed by atoms with E-state index < -0.39 is 0 Å². The number of nitrogens with zero attached hydrogens (tertiary/aromatic N) is 1. The molecule has 0 atom stereocenters. The average molecular weight is 189 g/mol. The highest BCUT2D eigenvalue weighted by molar-refractivity contribution is 5.58. The number of H-pyrrole nitrogens is 1. The van der Waals surface area contributed by atoms with Crippen LogP contribution in [-0.2, 0) is 0 Å². The maximum atomic E-state index is 11.3. The number of aromatic nitrogens is 2. The van der Waals surface area contributed by atoms with Crippen LogP contribution < -0.4 is 11.4 Å². The summed E-state index contributed by atoms with van der Waals surface area (Å²) in [7, 11) is 0. The van der Waals surface area contributed by atoms with Crippen molar-refractivity contribution in [3.63, 3.8) is 0 Å². The molecule has 1 aromatic carbocycles. The Morgan fingerprint density at radius 2 is 2.21 bits per heavy atom. The molecule has 0 aliphatic rings. The largest absolute Gasteiger partial charge is 0.397 e. The molecule has 0 aliphatic carbocycles. The Morgan fingerprint density at radius 3 is 2.79 bits per heavy atom. The minimum atomic E-state index is -0.180. The molecule has 0 saturated heterocycles. The molecule has 1 aromatic heterocycles. The van der Waals surface area contributed by atoms with Crippen molar-refractivity contribution in [1.29, 1.82) is 0 Å². The van der Waals surface area contributed by atoms with Crippen LogP contribution in [0.2, 0.25) is 0 Å². The number of imidazole rings is 1. The Balaban J connectivity index is 2.63. The maximum Gasteiger partial charge on any atom is 0.330 e. The van der Waals surface area contributed by atoms with Gasteiger partial charge in [-0.15, -0.1) is 0 Å². The molecular weight excluding hydrogens is 178 g/mol. The maximum absolute atomic E-state index is 11.3. The van der Waals surface area contributed by atoms with Gasteiger partial charge in [0.15, 0.2) is 0 Å². The highest BCUT2D eigenvalue weighted by atomic mass is 16.1. The van der Waals surface area contributed by atoms with Gasteiger partial charge in [0, 0.05) is 12.4 Å². The highest BCUT2D eigenvalue weighted by Crippen LogP contribution is 2.16. The lowest BCUT2D eigenvalue weighted by molar-refractivity contribution is 0.989. The predicted octanol–water partition coefficient (Wildman–Crippen LogP) is 1.06. The van der Waals surface area contributed by atoms with Crippen LogP contribution in [0.4, 0.5) is 5.69 Å². The van der Waals surface area contributed by atoms with Crippen LogP contribution >= 0.6 is 0 Å². The van der Waals surface area contributed by atoms with Crippen molar-refractivity contribution in [2.75, 3.05) is 5.73 Å². The van der Waals surface area contributed by atoms with Crippen molar-refractivity contribution < 1.29 is 0 Å². The minimum absolute atomic E-state index is 0.180. The second kappa shape index (κ2) is 3.06. The van der Waals surface area contributed by atoms with E-state index in [4.69, 9.17) is 5.73 Å². The predicted molar refractivity (Wildman–Crippen MR) is 55.5 cm³/mol. The first-order chi connectivity index (χ1) is 6.68. The molecule has 4 heteroatoms. The Bertz CT molecular complexity index is 510. The van der Waals surface area contributed by atoms with Crippen molar-refractivity contribution in [2.45, 2.75) is 6.92 Å². The second-order valence-electron chi connectivity index (χ2n) is 3.20. The molecule has 14 heavy (non-hydrogen) atoms. The van der Waals surface area contributed by atoms with Crippen LogP contribution in [-0.4, -0.2) is 9.55 Å². The zero-order valence-corrected chi connectivity index (χ0v) is 7.82. The van der Waals surface area contributed by atoms with Crippen LogP contribution in [0.15, 0.2) is 35.4 Å². The normalized spacial score (nSPS) is 10.4. The van der Waals surface area contributed by atoms with Crippen molar-refractivity contribution in [3.05, 3.63) is 46.6 Å². The number of nitrogen functional groups attached to an aromatic ring is 1. The van der Waals surface area contributed by atoms with Crippen molar-refractivity contribution in [2.24, 2.45) is 0 Å². The van der Waals surface area contributed by atoms with E-state index in [2.05, 4.69) is 4.98 Å². The fourth-order valence-electron chi connectivity index (χ4n) is 1.40. The third kappa shape index (κ3) is 1.31. The number of anilines is 1. The molecule has 0 unspecified atom stereocenters. The van der Waals surface area contributed by atoms with Crippen molar-refractivity contribution in [1.82, 2.24) is 9.55 Å². The molecule has 0 aliphatic heterocycles. The Hall–Kier alpha value is -1.97. The third-order valence-corrected chi connectivity index (χ3v) is 2.09. The van der Waals surface area contributed by atoms with E-state index in [9.17, 15) is 4.79 Å². The van der Waals surface area contributed by atoms with E-state index in [1.54, 1.807) is 12.4 Å². The topological polar surface area (TPSA) is 63.8 Å². The summed E-state index contributed by atoms with van der Waals surface area (Å²) in [5, 5.41) is 0. The summed E-state index contributed by atoms with van der Waals surface area (Å²) in [5.41, 5.74) is 8.02. The molecule has 0 saturated carbocycles. The molecule has 4 nitrogen and oxygen atoms in total. The quantitative estimate of drug-likeness (QED) is 0.659. The molecular formula is C10H11N3O. The lowest BCUT2D eigenvalue weighted by atomic mass is 10.2. The van der Waals surface area contributed by atoms with Gasteiger partial charge in [0.2, 0.25) is 0 Å². The van der Waals surface area contributed by atoms with Crippen LogP contribution in [0.25, 0.3) is 5.69 Å². The molecule has 72 valence electrons. The number of aryl methyl sites for hydroxylation is 1. The van der Waals surface area contributed by atoms with Gasteiger partial charge in [-0.2, -0.15) is 0 Å². The van der Waals surface area contributed by atoms with Gasteiger partial charge < -0.3 is 10.7 Å². The van der Waals surface area contributed by atoms with Gasteiger partial charge in [0.05, 0.1) is 11.4 Å². The van der Waals surface area contributed by atoms with E-state index >= 15 is 0 Å². The molecule has 0 radical (unpaired) electrons. The van der Waals surface area contributed by atoms with E-state index in [-0.39, 0.29) is 5.69 Å². The zero-order chi connectivity index (χ0) is 10.1. The van der Waals surface area contributed by atoms with E-state index in [1.165, 1.54) is 4.57 Å². The first-order valence-corrected chi connectivity index (χ1v) is 4.31.